The van der Waals surface area contributed by atoms with Gasteiger partial charge >= 0.3 is 0 Å². The maximum absolute atomic E-state index is 13.4. The van der Waals surface area contributed by atoms with Crippen molar-refractivity contribution in [1.29, 1.82) is 0 Å². The molecule has 1 amide bonds. The van der Waals surface area contributed by atoms with E-state index in [1.807, 2.05) is 37.3 Å². The van der Waals surface area contributed by atoms with E-state index in [9.17, 15) is 9.18 Å². The summed E-state index contributed by atoms with van der Waals surface area (Å²) in [4.78, 5) is 17.8. The van der Waals surface area contributed by atoms with E-state index in [4.69, 9.17) is 0 Å². The van der Waals surface area contributed by atoms with E-state index in [0.29, 0.717) is 18.7 Å². The number of carbonyl (C=O) groups is 1. The van der Waals surface area contributed by atoms with E-state index < -0.39 is 0 Å². The fourth-order valence-electron chi connectivity index (χ4n) is 3.32. The Balaban J connectivity index is 1.71. The van der Waals surface area contributed by atoms with Crippen LogP contribution in [0.15, 0.2) is 48.5 Å². The minimum atomic E-state index is -0.251. The second-order valence-electron chi connectivity index (χ2n) is 6.30. The lowest BCUT2D eigenvalue weighted by Crippen LogP contribution is -2.38. The number of anilines is 1. The highest BCUT2D eigenvalue weighted by Crippen LogP contribution is 2.26. The fourth-order valence-corrected chi connectivity index (χ4v) is 3.32. The largest absolute Gasteiger partial charge is 0.363 e. The molecule has 0 spiro atoms. The van der Waals surface area contributed by atoms with Crippen LogP contribution in [-0.2, 0) is 6.54 Å². The van der Waals surface area contributed by atoms with Crippen molar-refractivity contribution in [2.24, 2.45) is 0 Å². The van der Waals surface area contributed by atoms with Crippen LogP contribution >= 0.6 is 0 Å². The van der Waals surface area contributed by atoms with Crippen LogP contribution in [0.25, 0.3) is 10.9 Å². The summed E-state index contributed by atoms with van der Waals surface area (Å²) in [5, 5.41) is 3.99. The molecule has 2 aromatic carbocycles. The molecular formula is C19H18FN3O. The van der Waals surface area contributed by atoms with E-state index >= 15 is 0 Å². The summed E-state index contributed by atoms with van der Waals surface area (Å²) in [7, 11) is 0. The highest BCUT2D eigenvalue weighted by molar-refractivity contribution is 6.00. The molecule has 1 aliphatic heterocycles. The Kier molecular flexibility index (Phi) is 3.49. The number of para-hydroxylation sites is 1. The van der Waals surface area contributed by atoms with E-state index in [-0.39, 0.29) is 17.8 Å². The number of hydrogen-bond acceptors (Lipinski definition) is 2. The molecule has 0 saturated heterocycles. The minimum Gasteiger partial charge on any atom is -0.363 e. The van der Waals surface area contributed by atoms with Crippen molar-refractivity contribution < 1.29 is 9.18 Å². The summed E-state index contributed by atoms with van der Waals surface area (Å²) in [6.07, 6.45) is 0. The predicted molar refractivity (Wildman–Crippen MR) is 92.7 cm³/mol. The van der Waals surface area contributed by atoms with Crippen LogP contribution in [0.3, 0.4) is 0 Å². The van der Waals surface area contributed by atoms with Crippen molar-refractivity contribution in [3.05, 3.63) is 65.6 Å². The van der Waals surface area contributed by atoms with Crippen molar-refractivity contribution in [3.8, 4) is 0 Å². The van der Waals surface area contributed by atoms with Gasteiger partial charge in [-0.05, 0) is 48.7 Å². The molecule has 24 heavy (non-hydrogen) atoms. The Bertz CT molecular complexity index is 918. The Labute approximate surface area is 139 Å². The summed E-state index contributed by atoms with van der Waals surface area (Å²) >= 11 is 0. The number of amides is 1. The molecule has 1 atom stereocenters. The Hall–Kier alpha value is -2.82. The van der Waals surface area contributed by atoms with Crippen molar-refractivity contribution >= 4 is 22.5 Å². The Morgan fingerprint density at radius 3 is 2.92 bits per heavy atom. The zero-order valence-electron chi connectivity index (χ0n) is 13.3. The third kappa shape index (κ3) is 2.62. The molecule has 1 unspecified atom stereocenters. The highest BCUT2D eigenvalue weighted by Gasteiger charge is 2.24. The summed E-state index contributed by atoms with van der Waals surface area (Å²) in [5.41, 5.74) is 3.38. The molecule has 2 N–H and O–H groups in total. The quantitative estimate of drug-likeness (QED) is 0.759. The maximum Gasteiger partial charge on any atom is 0.253 e. The van der Waals surface area contributed by atoms with E-state index in [0.717, 1.165) is 22.3 Å². The van der Waals surface area contributed by atoms with E-state index in [1.165, 1.54) is 12.1 Å². The van der Waals surface area contributed by atoms with E-state index in [1.54, 1.807) is 6.07 Å². The predicted octanol–water partition coefficient (Wildman–Crippen LogP) is 3.45. The van der Waals surface area contributed by atoms with Gasteiger partial charge in [0.15, 0.2) is 0 Å². The zero-order chi connectivity index (χ0) is 16.7. The third-order valence-electron chi connectivity index (χ3n) is 4.36. The van der Waals surface area contributed by atoms with Crippen LogP contribution in [0.2, 0.25) is 0 Å². The zero-order valence-corrected chi connectivity index (χ0v) is 13.3. The van der Waals surface area contributed by atoms with Crippen molar-refractivity contribution in [2.75, 3.05) is 11.4 Å². The number of hydrogen-bond donors (Lipinski definition) is 2. The summed E-state index contributed by atoms with van der Waals surface area (Å²) in [5.74, 6) is -0.293. The number of benzene rings is 2. The van der Waals surface area contributed by atoms with Crippen LogP contribution < -0.4 is 10.2 Å². The van der Waals surface area contributed by atoms with Crippen LogP contribution in [0.5, 0.6) is 0 Å². The van der Waals surface area contributed by atoms with Crippen LogP contribution in [0, 0.1) is 5.82 Å². The molecule has 0 bridgehead atoms. The number of aromatic nitrogens is 1. The first-order chi connectivity index (χ1) is 11.6. The van der Waals surface area contributed by atoms with Crippen molar-refractivity contribution in [3.63, 3.8) is 0 Å². The summed E-state index contributed by atoms with van der Waals surface area (Å²) in [6.45, 7) is 3.34. The Morgan fingerprint density at radius 2 is 2.04 bits per heavy atom. The lowest BCUT2D eigenvalue weighted by molar-refractivity contribution is 0.0945. The van der Waals surface area contributed by atoms with Gasteiger partial charge in [-0.3, -0.25) is 4.79 Å². The number of aromatic amines is 1. The fraction of sp³-hybridized carbons (Fsp3) is 0.211. The first-order valence-corrected chi connectivity index (χ1v) is 8.02. The number of nitrogens with one attached hydrogen (secondary N) is 2. The smallest absolute Gasteiger partial charge is 0.253 e. The molecule has 5 heteroatoms. The van der Waals surface area contributed by atoms with Crippen molar-refractivity contribution in [1.82, 2.24) is 10.3 Å². The SMILES string of the molecule is CC1CN(Cc2cc3ccc(F)cc3[nH]2)c2ccccc2C(=O)N1. The normalized spacial score (nSPS) is 17.5. The van der Waals surface area contributed by atoms with Gasteiger partial charge in [-0.1, -0.05) is 12.1 Å². The molecule has 0 saturated carbocycles. The number of fused-ring (bicyclic) bond motifs is 2. The minimum absolute atomic E-state index is 0.0423. The third-order valence-corrected chi connectivity index (χ3v) is 4.36. The molecule has 1 aromatic heterocycles. The number of carbonyl (C=O) groups excluding carboxylic acids is 1. The molecule has 1 aliphatic rings. The average Bonchev–Trinajstić information content (AvgIpc) is 2.90. The van der Waals surface area contributed by atoms with Crippen LogP contribution in [0.1, 0.15) is 23.0 Å². The molecular weight excluding hydrogens is 305 g/mol. The molecule has 2 heterocycles. The van der Waals surface area contributed by atoms with Gasteiger partial charge in [-0.2, -0.15) is 0 Å². The molecule has 0 fully saturated rings. The van der Waals surface area contributed by atoms with Gasteiger partial charge < -0.3 is 15.2 Å². The number of halogens is 1. The molecule has 4 nitrogen and oxygen atoms in total. The molecule has 4 rings (SSSR count). The number of rotatable bonds is 2. The maximum atomic E-state index is 13.4. The highest BCUT2D eigenvalue weighted by atomic mass is 19.1. The van der Waals surface area contributed by atoms with Gasteiger partial charge in [-0.15, -0.1) is 0 Å². The summed E-state index contributed by atoms with van der Waals surface area (Å²) in [6, 6.07) is 14.4. The average molecular weight is 323 g/mol. The molecule has 3 aromatic rings. The first kappa shape index (κ1) is 14.8. The monoisotopic (exact) mass is 323 g/mol. The molecule has 122 valence electrons. The second kappa shape index (κ2) is 5.67. The topological polar surface area (TPSA) is 48.1 Å². The Morgan fingerprint density at radius 1 is 1.21 bits per heavy atom. The van der Waals surface area contributed by atoms with Gasteiger partial charge in [0, 0.05) is 29.5 Å². The van der Waals surface area contributed by atoms with Crippen molar-refractivity contribution in [2.45, 2.75) is 19.5 Å². The van der Waals surface area contributed by atoms with Gasteiger partial charge in [0.25, 0.3) is 5.91 Å². The van der Waals surface area contributed by atoms with Gasteiger partial charge in [0.2, 0.25) is 0 Å². The lowest BCUT2D eigenvalue weighted by atomic mass is 10.1. The van der Waals surface area contributed by atoms with Crippen LogP contribution in [-0.4, -0.2) is 23.5 Å². The standard InChI is InChI=1S/C19H18FN3O/c1-12-10-23(18-5-3-2-4-16(18)19(24)21-12)11-15-8-13-6-7-14(20)9-17(13)22-15/h2-9,12,22H,10-11H2,1H3,(H,21,24). The van der Waals surface area contributed by atoms with Gasteiger partial charge in [-0.25, -0.2) is 4.39 Å². The lowest BCUT2D eigenvalue weighted by Gasteiger charge is -2.25. The first-order valence-electron chi connectivity index (χ1n) is 8.02. The number of nitrogens with zero attached hydrogens (tertiary/aromatic N) is 1. The summed E-state index contributed by atoms with van der Waals surface area (Å²) < 4.78 is 13.4. The second-order valence-corrected chi connectivity index (χ2v) is 6.30. The van der Waals surface area contributed by atoms with Crippen LogP contribution in [0.4, 0.5) is 10.1 Å². The molecule has 0 aliphatic carbocycles. The molecule has 0 radical (unpaired) electrons. The van der Waals surface area contributed by atoms with Gasteiger partial charge in [0.1, 0.15) is 5.82 Å². The number of H-pyrrole nitrogens is 1. The van der Waals surface area contributed by atoms with E-state index in [2.05, 4.69) is 15.2 Å². The van der Waals surface area contributed by atoms with Gasteiger partial charge in [0.05, 0.1) is 12.1 Å².